The normalized spacial score (nSPS) is 12.1. The highest BCUT2D eigenvalue weighted by Gasteiger charge is 2.22. The van der Waals surface area contributed by atoms with Gasteiger partial charge in [0.1, 0.15) is 0 Å². The molecule has 3 N–H and O–H groups in total. The van der Waals surface area contributed by atoms with Crippen LogP contribution in [0.2, 0.25) is 0 Å². The Morgan fingerprint density at radius 2 is 1.42 bits per heavy atom. The maximum absolute atomic E-state index is 13.0. The van der Waals surface area contributed by atoms with E-state index in [2.05, 4.69) is 14.4 Å². The number of benzene rings is 4. The number of fused-ring (bicyclic) bond motifs is 2. The van der Waals surface area contributed by atoms with Crippen LogP contribution in [0.1, 0.15) is 10.4 Å². The van der Waals surface area contributed by atoms with Crippen molar-refractivity contribution >= 4 is 59.4 Å². The topological polar surface area (TPSA) is 125 Å². The molecule has 4 aromatic carbocycles. The first-order chi connectivity index (χ1) is 18.2. The number of sulfonamides is 2. The van der Waals surface area contributed by atoms with E-state index in [1.807, 2.05) is 30.3 Å². The van der Waals surface area contributed by atoms with Gasteiger partial charge in [0, 0.05) is 34.3 Å². The number of aromatic amines is 1. The van der Waals surface area contributed by atoms with Crippen molar-refractivity contribution in [3.63, 3.8) is 0 Å². The van der Waals surface area contributed by atoms with E-state index < -0.39 is 26.0 Å². The molecule has 0 aliphatic heterocycles. The molecule has 0 fully saturated rings. The van der Waals surface area contributed by atoms with Crippen LogP contribution >= 0.6 is 11.8 Å². The fourth-order valence-electron chi connectivity index (χ4n) is 3.98. The number of thioether (sulfide) groups is 1. The Balaban J connectivity index is 1.32. The van der Waals surface area contributed by atoms with Crippen LogP contribution in [0.3, 0.4) is 0 Å². The van der Waals surface area contributed by atoms with E-state index in [0.29, 0.717) is 27.4 Å². The van der Waals surface area contributed by atoms with Crippen LogP contribution in [-0.2, 0) is 20.0 Å². The van der Waals surface area contributed by atoms with Crippen LogP contribution in [0.25, 0.3) is 21.7 Å². The minimum atomic E-state index is -4.22. The molecule has 0 aliphatic rings. The first-order valence-electron chi connectivity index (χ1n) is 11.6. The molecule has 0 spiro atoms. The minimum absolute atomic E-state index is 0.0205. The number of nitrogens with one attached hydrogen (secondary N) is 3. The van der Waals surface area contributed by atoms with E-state index in [1.54, 1.807) is 36.4 Å². The lowest BCUT2D eigenvalue weighted by Crippen LogP contribution is -2.30. The highest BCUT2D eigenvalue weighted by molar-refractivity contribution is 7.99. The Bertz CT molecular complexity index is 1850. The van der Waals surface area contributed by atoms with Crippen molar-refractivity contribution in [2.45, 2.75) is 14.7 Å². The second-order valence-corrected chi connectivity index (χ2v) is 13.0. The van der Waals surface area contributed by atoms with Crippen molar-refractivity contribution in [2.24, 2.45) is 0 Å². The van der Waals surface area contributed by atoms with Crippen LogP contribution < -0.4 is 9.44 Å². The van der Waals surface area contributed by atoms with E-state index in [1.165, 1.54) is 42.2 Å². The predicted molar refractivity (Wildman–Crippen MR) is 149 cm³/mol. The molecule has 0 unspecified atom stereocenters. The van der Waals surface area contributed by atoms with Gasteiger partial charge in [-0.2, -0.15) is 0 Å². The molecule has 5 aromatic rings. The maximum atomic E-state index is 13.0. The van der Waals surface area contributed by atoms with Gasteiger partial charge in [-0.3, -0.25) is 4.79 Å². The molecule has 11 heteroatoms. The number of aromatic nitrogens is 1. The van der Waals surface area contributed by atoms with Gasteiger partial charge in [0.25, 0.3) is 15.9 Å². The molecular weight excluding hydrogens is 543 g/mol. The first-order valence-corrected chi connectivity index (χ1v) is 15.5. The fourth-order valence-corrected chi connectivity index (χ4v) is 6.96. The third-order valence-electron chi connectivity index (χ3n) is 5.87. The standard InChI is InChI=1S/C27H23N3O5S3/c31-27(25-18-28-26-9-5-4-8-24(25)26)30-38(34,35)23-13-11-19-10-12-22(16-20(19)17-23)37(32,33)29-14-15-36-21-6-2-1-3-7-21/h1-13,16-18,28-29H,14-15H2,(H,30,31). The van der Waals surface area contributed by atoms with E-state index in [9.17, 15) is 21.6 Å². The van der Waals surface area contributed by atoms with Crippen molar-refractivity contribution in [3.05, 3.63) is 103 Å². The van der Waals surface area contributed by atoms with E-state index in [0.717, 1.165) is 4.90 Å². The molecule has 0 saturated heterocycles. The number of rotatable bonds is 9. The van der Waals surface area contributed by atoms with Crippen molar-refractivity contribution < 1.29 is 21.6 Å². The third kappa shape index (κ3) is 5.60. The van der Waals surface area contributed by atoms with Gasteiger partial charge >= 0.3 is 0 Å². The largest absolute Gasteiger partial charge is 0.360 e. The van der Waals surface area contributed by atoms with Crippen molar-refractivity contribution in [1.29, 1.82) is 0 Å². The van der Waals surface area contributed by atoms with Crippen molar-refractivity contribution in [3.8, 4) is 0 Å². The first kappa shape index (κ1) is 26.0. The SMILES string of the molecule is O=C(NS(=O)(=O)c1ccc2ccc(S(=O)(=O)NCCSc3ccccc3)cc2c1)c1c[nH]c2ccccc12. The summed E-state index contributed by atoms with van der Waals surface area (Å²) in [5.74, 6) is -0.216. The molecule has 0 aliphatic carbocycles. The summed E-state index contributed by atoms with van der Waals surface area (Å²) in [6, 6.07) is 25.5. The van der Waals surface area contributed by atoms with Gasteiger partial charge < -0.3 is 4.98 Å². The average Bonchev–Trinajstić information content (AvgIpc) is 3.35. The van der Waals surface area contributed by atoms with Crippen LogP contribution in [0.15, 0.2) is 112 Å². The molecule has 0 saturated carbocycles. The van der Waals surface area contributed by atoms with Crippen molar-refractivity contribution in [2.75, 3.05) is 12.3 Å². The van der Waals surface area contributed by atoms with Crippen LogP contribution in [0.5, 0.6) is 0 Å². The summed E-state index contributed by atoms with van der Waals surface area (Å²) in [7, 11) is -8.03. The molecule has 1 amide bonds. The number of amides is 1. The van der Waals surface area contributed by atoms with Crippen LogP contribution in [0.4, 0.5) is 0 Å². The highest BCUT2D eigenvalue weighted by Crippen LogP contribution is 2.24. The monoisotopic (exact) mass is 565 g/mol. The summed E-state index contributed by atoms with van der Waals surface area (Å²) in [6.45, 7) is 0.230. The fraction of sp³-hybridized carbons (Fsp3) is 0.0741. The van der Waals surface area contributed by atoms with Gasteiger partial charge in [-0.15, -0.1) is 11.8 Å². The Kier molecular flexibility index (Phi) is 7.26. The van der Waals surface area contributed by atoms with Gasteiger partial charge in [0.05, 0.1) is 15.4 Å². The molecule has 0 atom stereocenters. The molecule has 0 bridgehead atoms. The Hall–Kier alpha value is -3.64. The van der Waals surface area contributed by atoms with E-state index in [-0.39, 0.29) is 21.9 Å². The predicted octanol–water partition coefficient (Wildman–Crippen LogP) is 4.51. The average molecular weight is 566 g/mol. The van der Waals surface area contributed by atoms with Crippen LogP contribution in [0, 0.1) is 0 Å². The zero-order chi connectivity index (χ0) is 26.8. The lowest BCUT2D eigenvalue weighted by Gasteiger charge is -2.10. The van der Waals surface area contributed by atoms with E-state index in [4.69, 9.17) is 0 Å². The van der Waals surface area contributed by atoms with Gasteiger partial charge in [0.15, 0.2) is 0 Å². The minimum Gasteiger partial charge on any atom is -0.360 e. The van der Waals surface area contributed by atoms with Gasteiger partial charge in [0.2, 0.25) is 10.0 Å². The molecule has 0 radical (unpaired) electrons. The Morgan fingerprint density at radius 1 is 0.763 bits per heavy atom. The number of carbonyl (C=O) groups excluding carboxylic acids is 1. The third-order valence-corrected chi connectivity index (χ3v) is 9.67. The zero-order valence-electron chi connectivity index (χ0n) is 19.9. The molecule has 5 rings (SSSR count). The van der Waals surface area contributed by atoms with E-state index >= 15 is 0 Å². The Morgan fingerprint density at radius 3 is 2.16 bits per heavy atom. The molecular formula is C27H23N3O5S3. The number of H-pyrrole nitrogens is 1. The zero-order valence-corrected chi connectivity index (χ0v) is 22.4. The quantitative estimate of drug-likeness (QED) is 0.178. The van der Waals surface area contributed by atoms with Gasteiger partial charge in [-0.05, 0) is 53.2 Å². The summed E-state index contributed by atoms with van der Waals surface area (Å²) in [4.78, 5) is 16.6. The molecule has 1 aromatic heterocycles. The molecule has 38 heavy (non-hydrogen) atoms. The lowest BCUT2D eigenvalue weighted by molar-refractivity contribution is 0.0983. The van der Waals surface area contributed by atoms with Gasteiger partial charge in [-0.25, -0.2) is 26.3 Å². The summed E-state index contributed by atoms with van der Waals surface area (Å²) < 4.78 is 56.4. The van der Waals surface area contributed by atoms with Crippen molar-refractivity contribution in [1.82, 2.24) is 14.4 Å². The number of hydrogen-bond acceptors (Lipinski definition) is 6. The molecule has 1 heterocycles. The Labute approximate surface area is 224 Å². The smallest absolute Gasteiger partial charge is 0.267 e. The maximum Gasteiger partial charge on any atom is 0.267 e. The summed E-state index contributed by atoms with van der Waals surface area (Å²) in [5, 5.41) is 1.67. The number of hydrogen-bond donors (Lipinski definition) is 3. The number of carbonyl (C=O) groups is 1. The van der Waals surface area contributed by atoms with Crippen LogP contribution in [-0.4, -0.2) is 40.0 Å². The second-order valence-electron chi connectivity index (χ2n) is 8.41. The summed E-state index contributed by atoms with van der Waals surface area (Å²) >= 11 is 1.54. The lowest BCUT2D eigenvalue weighted by atomic mass is 10.1. The van der Waals surface area contributed by atoms with Gasteiger partial charge in [-0.1, -0.05) is 48.5 Å². The number of para-hydroxylation sites is 1. The summed E-state index contributed by atoms with van der Waals surface area (Å²) in [5.41, 5.74) is 0.914. The highest BCUT2D eigenvalue weighted by atomic mass is 32.2. The molecule has 8 nitrogen and oxygen atoms in total. The molecule has 194 valence electrons. The summed E-state index contributed by atoms with van der Waals surface area (Å²) in [6.07, 6.45) is 1.46. The second kappa shape index (κ2) is 10.6.